The van der Waals surface area contributed by atoms with Crippen molar-refractivity contribution in [3.05, 3.63) is 106 Å². The van der Waals surface area contributed by atoms with Gasteiger partial charge in [-0.1, -0.05) is 60.1 Å². The molecule has 3 aliphatic carbocycles. The van der Waals surface area contributed by atoms with Crippen molar-refractivity contribution in [1.82, 2.24) is 15.8 Å². The maximum atomic E-state index is 13.7. The first-order chi connectivity index (χ1) is 18.2. The number of likely N-dealkylation sites (tertiary alicyclic amines) is 1. The third kappa shape index (κ3) is 3.35. The second-order valence-electron chi connectivity index (χ2n) is 9.56. The van der Waals surface area contributed by atoms with E-state index in [2.05, 4.69) is 10.9 Å². The van der Waals surface area contributed by atoms with E-state index in [1.54, 1.807) is 12.1 Å². The largest absolute Gasteiger partial charge is 0.281 e. The van der Waals surface area contributed by atoms with Crippen LogP contribution >= 0.6 is 34.8 Å². The lowest BCUT2D eigenvalue weighted by Crippen LogP contribution is -2.57. The van der Waals surface area contributed by atoms with Crippen molar-refractivity contribution in [2.24, 2.45) is 11.8 Å². The first-order valence-electron chi connectivity index (χ1n) is 12.0. The number of hydrazine groups is 1. The van der Waals surface area contributed by atoms with E-state index >= 15 is 0 Å². The summed E-state index contributed by atoms with van der Waals surface area (Å²) in [4.78, 5) is 50.8. The molecule has 2 bridgehead atoms. The van der Waals surface area contributed by atoms with Gasteiger partial charge in [-0.25, -0.2) is 0 Å². The third-order valence-electron chi connectivity index (χ3n) is 7.66. The minimum absolute atomic E-state index is 0.181. The number of hydrogen-bond donors (Lipinski definition) is 2. The Morgan fingerprint density at radius 3 is 1.63 bits per heavy atom. The van der Waals surface area contributed by atoms with Crippen LogP contribution in [0, 0.1) is 11.8 Å². The molecule has 0 aromatic heterocycles. The summed E-state index contributed by atoms with van der Waals surface area (Å²) in [5, 5.41) is 0.475. The highest BCUT2D eigenvalue weighted by molar-refractivity contribution is 6.36. The number of amides is 4. The monoisotopic (exact) mass is 567 g/mol. The van der Waals surface area contributed by atoms with Gasteiger partial charge in [0.2, 0.25) is 17.7 Å². The van der Waals surface area contributed by atoms with Crippen molar-refractivity contribution in [2.75, 3.05) is 6.54 Å². The second-order valence-corrected chi connectivity index (χ2v) is 11.2. The van der Waals surface area contributed by atoms with Crippen LogP contribution < -0.4 is 10.9 Å². The summed E-state index contributed by atoms with van der Waals surface area (Å²) < 4.78 is 0. The Balaban J connectivity index is 1.23. The Hall–Kier alpha value is -3.39. The Bertz CT molecular complexity index is 1400. The second kappa shape index (κ2) is 8.83. The molecule has 0 radical (unpaired) electrons. The van der Waals surface area contributed by atoms with E-state index in [0.717, 1.165) is 4.90 Å². The van der Waals surface area contributed by atoms with Gasteiger partial charge in [-0.05, 0) is 46.5 Å². The topological polar surface area (TPSA) is 95.6 Å². The molecule has 3 aromatic carbocycles. The number of carbonyl (C=O) groups is 4. The molecule has 4 aliphatic rings. The van der Waals surface area contributed by atoms with Crippen molar-refractivity contribution in [3.63, 3.8) is 0 Å². The Morgan fingerprint density at radius 2 is 1.18 bits per heavy atom. The normalized spacial score (nSPS) is 26.4. The van der Waals surface area contributed by atoms with Crippen molar-refractivity contribution < 1.29 is 19.2 Å². The van der Waals surface area contributed by atoms with Gasteiger partial charge in [0.25, 0.3) is 5.91 Å². The summed E-state index contributed by atoms with van der Waals surface area (Å²) >= 11 is 20.6. The van der Waals surface area contributed by atoms with Crippen LogP contribution in [0.2, 0.25) is 5.02 Å². The highest BCUT2D eigenvalue weighted by atomic mass is 35.5. The molecule has 10 heteroatoms. The molecule has 38 heavy (non-hydrogen) atoms. The molecular formula is C28H20Cl3N3O4. The van der Waals surface area contributed by atoms with E-state index in [1.807, 2.05) is 48.5 Å². The first kappa shape index (κ1) is 24.9. The Kier molecular flexibility index (Phi) is 5.79. The number of nitrogens with one attached hydrogen (secondary N) is 2. The minimum atomic E-state index is -1.27. The lowest BCUT2D eigenvalue weighted by Gasteiger charge is -2.54. The quantitative estimate of drug-likeness (QED) is 0.282. The fourth-order valence-electron chi connectivity index (χ4n) is 6.02. The van der Waals surface area contributed by atoms with Gasteiger partial charge >= 0.3 is 0 Å². The molecule has 1 saturated heterocycles. The zero-order valence-electron chi connectivity index (χ0n) is 19.7. The zero-order chi connectivity index (χ0) is 26.8. The SMILES string of the molecule is O=C(CCN1C(=O)[C@H]2[C@H](C1=O)C1(Cl)c3ccccc3C2(Cl)c2ccccc21)NNC(=O)c1ccc(Cl)cc1. The summed E-state index contributed by atoms with van der Waals surface area (Å²) in [7, 11) is 0. The van der Waals surface area contributed by atoms with Gasteiger partial charge in [0, 0.05) is 23.6 Å². The number of hydrogen-bond acceptors (Lipinski definition) is 4. The molecular weight excluding hydrogens is 549 g/mol. The highest BCUT2D eigenvalue weighted by Gasteiger charge is 2.72. The van der Waals surface area contributed by atoms with Crippen LogP contribution in [0.4, 0.5) is 0 Å². The molecule has 2 atom stereocenters. The molecule has 3 aromatic rings. The van der Waals surface area contributed by atoms with E-state index in [9.17, 15) is 19.2 Å². The molecule has 1 fully saturated rings. The third-order valence-corrected chi connectivity index (χ3v) is 9.20. The predicted octanol–water partition coefficient (Wildman–Crippen LogP) is 4.08. The van der Waals surface area contributed by atoms with Crippen molar-refractivity contribution >= 4 is 58.4 Å². The Labute approximate surface area is 233 Å². The summed E-state index contributed by atoms with van der Waals surface area (Å²) in [5.74, 6) is -3.89. The fraction of sp³-hybridized carbons (Fsp3) is 0.214. The molecule has 2 N–H and O–H groups in total. The number of alkyl halides is 2. The van der Waals surface area contributed by atoms with E-state index in [1.165, 1.54) is 12.1 Å². The van der Waals surface area contributed by atoms with E-state index in [-0.39, 0.29) is 13.0 Å². The molecule has 4 amide bonds. The van der Waals surface area contributed by atoms with Gasteiger partial charge in [-0.2, -0.15) is 0 Å². The lowest BCUT2D eigenvalue weighted by atomic mass is 9.54. The molecule has 7 rings (SSSR count). The maximum Gasteiger partial charge on any atom is 0.269 e. The van der Waals surface area contributed by atoms with Crippen LogP contribution in [0.15, 0.2) is 72.8 Å². The number of carbonyl (C=O) groups excluding carboxylic acids is 4. The van der Waals surface area contributed by atoms with E-state index in [0.29, 0.717) is 32.8 Å². The molecule has 1 heterocycles. The molecule has 7 nitrogen and oxygen atoms in total. The molecule has 1 aliphatic heterocycles. The smallest absolute Gasteiger partial charge is 0.269 e. The number of benzene rings is 3. The van der Waals surface area contributed by atoms with Gasteiger partial charge in [0.05, 0.1) is 11.8 Å². The summed E-state index contributed by atoms with van der Waals surface area (Å²) in [6.45, 7) is -0.181. The predicted molar refractivity (Wildman–Crippen MR) is 142 cm³/mol. The van der Waals surface area contributed by atoms with Gasteiger partial charge < -0.3 is 0 Å². The van der Waals surface area contributed by atoms with E-state index < -0.39 is 45.2 Å². The van der Waals surface area contributed by atoms with Crippen LogP contribution in [0.3, 0.4) is 0 Å². The summed E-state index contributed by atoms with van der Waals surface area (Å²) in [6.07, 6.45) is -0.220. The fourth-order valence-corrected chi connectivity index (χ4v) is 7.24. The van der Waals surface area contributed by atoms with Crippen LogP contribution in [0.5, 0.6) is 0 Å². The van der Waals surface area contributed by atoms with Gasteiger partial charge in [-0.3, -0.25) is 34.9 Å². The molecule has 0 spiro atoms. The maximum absolute atomic E-state index is 13.7. The standard InChI is InChI=1S/C28H20Cl3N3O4/c29-16-11-9-15(10-12-16)24(36)33-32-21(35)13-14-34-25(37)22-23(26(34)38)28(31)18-6-2-1-5-17(18)27(22,30)19-7-3-4-8-20(19)28/h1-12,22-23H,13-14H2,(H,32,35)(H,33,36)/t22-,23-,27?,28?/m1/s1. The first-order valence-corrected chi connectivity index (χ1v) is 13.1. The van der Waals surface area contributed by atoms with Crippen molar-refractivity contribution in [3.8, 4) is 0 Å². The number of nitrogens with zero attached hydrogens (tertiary/aromatic N) is 1. The summed E-state index contributed by atoms with van der Waals surface area (Å²) in [6, 6.07) is 20.9. The molecule has 192 valence electrons. The van der Waals surface area contributed by atoms with Crippen molar-refractivity contribution in [2.45, 2.75) is 16.2 Å². The minimum Gasteiger partial charge on any atom is -0.281 e. The summed E-state index contributed by atoms with van der Waals surface area (Å²) in [5.41, 5.74) is 7.77. The van der Waals surface area contributed by atoms with Gasteiger partial charge in [-0.15, -0.1) is 23.2 Å². The van der Waals surface area contributed by atoms with Crippen LogP contribution in [-0.2, 0) is 24.1 Å². The lowest BCUT2D eigenvalue weighted by molar-refractivity contribution is -0.140. The Morgan fingerprint density at radius 1 is 0.737 bits per heavy atom. The average Bonchev–Trinajstić information content (AvgIpc) is 3.19. The number of rotatable bonds is 4. The van der Waals surface area contributed by atoms with Crippen molar-refractivity contribution in [1.29, 1.82) is 0 Å². The average molecular weight is 569 g/mol. The van der Waals surface area contributed by atoms with Crippen LogP contribution in [0.1, 0.15) is 39.0 Å². The molecule has 0 unspecified atom stereocenters. The van der Waals surface area contributed by atoms with Gasteiger partial charge in [0.15, 0.2) is 0 Å². The van der Waals surface area contributed by atoms with E-state index in [4.69, 9.17) is 34.8 Å². The highest BCUT2D eigenvalue weighted by Crippen LogP contribution is 2.69. The number of halogens is 3. The van der Waals surface area contributed by atoms with Crippen LogP contribution in [0.25, 0.3) is 0 Å². The van der Waals surface area contributed by atoms with Crippen LogP contribution in [-0.4, -0.2) is 35.1 Å². The van der Waals surface area contributed by atoms with Gasteiger partial charge in [0.1, 0.15) is 9.75 Å². The zero-order valence-corrected chi connectivity index (χ0v) is 22.0. The molecule has 0 saturated carbocycles. The number of imide groups is 1.